The molecule has 2 aromatic carbocycles. The number of benzene rings is 2. The minimum atomic E-state index is 0.495. The Morgan fingerprint density at radius 2 is 1.80 bits per heavy atom. The number of rotatable bonds is 8. The summed E-state index contributed by atoms with van der Waals surface area (Å²) in [5, 5.41) is 3.79. The highest BCUT2D eigenvalue weighted by atomic mass is 16.6. The lowest BCUT2D eigenvalue weighted by Gasteiger charge is -2.14. The standard InChI is InChI=1S/C21H25NO3/c1-5-6-10-24-20-11-16(2)21(17(3)12-20)25-15-19-9-7-8-18(13-19)14-22-23-4/h5-9,11-14H,10,15H2,1-4H3/b6-5+,22-14+. The summed E-state index contributed by atoms with van der Waals surface area (Å²) in [5.74, 6) is 1.76. The van der Waals surface area contributed by atoms with Gasteiger partial charge in [0.1, 0.15) is 31.8 Å². The van der Waals surface area contributed by atoms with Crippen LogP contribution in [0.3, 0.4) is 0 Å². The van der Waals surface area contributed by atoms with Crippen LogP contribution in [0, 0.1) is 13.8 Å². The molecule has 0 unspecified atom stereocenters. The van der Waals surface area contributed by atoms with E-state index in [1.54, 1.807) is 6.21 Å². The van der Waals surface area contributed by atoms with Crippen LogP contribution in [-0.4, -0.2) is 19.9 Å². The van der Waals surface area contributed by atoms with Crippen molar-refractivity contribution in [3.63, 3.8) is 0 Å². The van der Waals surface area contributed by atoms with Crippen molar-refractivity contribution >= 4 is 6.21 Å². The van der Waals surface area contributed by atoms with Gasteiger partial charge in [-0.1, -0.05) is 35.5 Å². The summed E-state index contributed by atoms with van der Waals surface area (Å²) in [6.07, 6.45) is 5.63. The third-order valence-electron chi connectivity index (χ3n) is 3.66. The maximum atomic E-state index is 6.05. The Morgan fingerprint density at radius 3 is 2.48 bits per heavy atom. The predicted molar refractivity (Wildman–Crippen MR) is 102 cm³/mol. The summed E-state index contributed by atoms with van der Waals surface area (Å²) in [5.41, 5.74) is 4.18. The third-order valence-corrected chi connectivity index (χ3v) is 3.66. The zero-order valence-electron chi connectivity index (χ0n) is 15.3. The molecule has 0 saturated carbocycles. The SMILES string of the molecule is C/C=C/COc1cc(C)c(OCc2cccc(/C=N/OC)c2)c(C)c1. The van der Waals surface area contributed by atoms with Crippen LogP contribution in [0.4, 0.5) is 0 Å². The van der Waals surface area contributed by atoms with Gasteiger partial charge in [-0.2, -0.15) is 0 Å². The van der Waals surface area contributed by atoms with Gasteiger partial charge in [0, 0.05) is 0 Å². The van der Waals surface area contributed by atoms with Crippen LogP contribution in [-0.2, 0) is 11.4 Å². The summed E-state index contributed by atoms with van der Waals surface area (Å²) in [6, 6.07) is 12.0. The number of nitrogens with zero attached hydrogens (tertiary/aromatic N) is 1. The molecular weight excluding hydrogens is 314 g/mol. The highest BCUT2D eigenvalue weighted by Gasteiger charge is 2.08. The Hall–Kier alpha value is -2.75. The van der Waals surface area contributed by atoms with Crippen molar-refractivity contribution in [3.8, 4) is 11.5 Å². The maximum Gasteiger partial charge on any atom is 0.125 e. The molecule has 0 N–H and O–H groups in total. The Kier molecular flexibility index (Phi) is 7.08. The number of ether oxygens (including phenoxy) is 2. The molecule has 0 amide bonds. The van der Waals surface area contributed by atoms with Gasteiger partial charge in [-0.3, -0.25) is 0 Å². The minimum absolute atomic E-state index is 0.495. The van der Waals surface area contributed by atoms with E-state index in [4.69, 9.17) is 14.3 Å². The predicted octanol–water partition coefficient (Wildman–Crippen LogP) is 4.82. The van der Waals surface area contributed by atoms with E-state index in [1.807, 2.05) is 69.3 Å². The average Bonchev–Trinajstić information content (AvgIpc) is 2.60. The molecular formula is C21H25NO3. The van der Waals surface area contributed by atoms with Crippen LogP contribution in [0.25, 0.3) is 0 Å². The van der Waals surface area contributed by atoms with Gasteiger partial charge in [0.05, 0.1) is 6.21 Å². The Balaban J connectivity index is 2.06. The first kappa shape index (κ1) is 18.6. The smallest absolute Gasteiger partial charge is 0.125 e. The Morgan fingerprint density at radius 1 is 1.04 bits per heavy atom. The van der Waals surface area contributed by atoms with E-state index >= 15 is 0 Å². The summed E-state index contributed by atoms with van der Waals surface area (Å²) >= 11 is 0. The first-order chi connectivity index (χ1) is 12.1. The van der Waals surface area contributed by atoms with Gasteiger partial charge >= 0.3 is 0 Å². The zero-order valence-corrected chi connectivity index (χ0v) is 15.3. The fourth-order valence-corrected chi connectivity index (χ4v) is 2.49. The maximum absolute atomic E-state index is 6.05. The van der Waals surface area contributed by atoms with E-state index in [0.29, 0.717) is 13.2 Å². The summed E-state index contributed by atoms with van der Waals surface area (Å²) in [7, 11) is 1.53. The number of aryl methyl sites for hydroxylation is 2. The highest BCUT2D eigenvalue weighted by molar-refractivity contribution is 5.79. The van der Waals surface area contributed by atoms with E-state index < -0.39 is 0 Å². The van der Waals surface area contributed by atoms with Crippen LogP contribution in [0.15, 0.2) is 53.7 Å². The van der Waals surface area contributed by atoms with Crippen LogP contribution >= 0.6 is 0 Å². The second-order valence-corrected chi connectivity index (χ2v) is 5.72. The number of hydrogen-bond donors (Lipinski definition) is 0. The number of hydrogen-bond acceptors (Lipinski definition) is 4. The Bertz CT molecular complexity index is 728. The zero-order chi connectivity index (χ0) is 18.1. The lowest BCUT2D eigenvalue weighted by Crippen LogP contribution is -2.01. The van der Waals surface area contributed by atoms with E-state index in [9.17, 15) is 0 Å². The van der Waals surface area contributed by atoms with Gasteiger partial charge in [-0.15, -0.1) is 0 Å². The first-order valence-electron chi connectivity index (χ1n) is 8.27. The van der Waals surface area contributed by atoms with Gasteiger partial charge in [-0.05, 0) is 61.2 Å². The summed E-state index contributed by atoms with van der Waals surface area (Å²) < 4.78 is 11.8. The van der Waals surface area contributed by atoms with E-state index in [2.05, 4.69) is 5.16 Å². The largest absolute Gasteiger partial charge is 0.490 e. The Labute approximate surface area is 149 Å². The van der Waals surface area contributed by atoms with Crippen molar-refractivity contribution < 1.29 is 14.3 Å². The van der Waals surface area contributed by atoms with Crippen molar-refractivity contribution in [3.05, 3.63) is 70.8 Å². The quantitative estimate of drug-likeness (QED) is 0.393. The van der Waals surface area contributed by atoms with Crippen molar-refractivity contribution in [1.29, 1.82) is 0 Å². The minimum Gasteiger partial charge on any atom is -0.490 e. The van der Waals surface area contributed by atoms with Gasteiger partial charge in [0.15, 0.2) is 0 Å². The number of oxime groups is 1. The van der Waals surface area contributed by atoms with E-state index in [-0.39, 0.29) is 0 Å². The summed E-state index contributed by atoms with van der Waals surface area (Å²) in [4.78, 5) is 4.71. The molecule has 0 fully saturated rings. The molecule has 2 aromatic rings. The molecule has 2 rings (SSSR count). The van der Waals surface area contributed by atoms with Crippen molar-refractivity contribution in [1.82, 2.24) is 0 Å². The van der Waals surface area contributed by atoms with Gasteiger partial charge < -0.3 is 14.3 Å². The van der Waals surface area contributed by atoms with Gasteiger partial charge in [0.2, 0.25) is 0 Å². The molecule has 132 valence electrons. The molecule has 0 aliphatic heterocycles. The molecule has 0 atom stereocenters. The van der Waals surface area contributed by atoms with Crippen LogP contribution < -0.4 is 9.47 Å². The normalized spacial score (nSPS) is 11.2. The molecule has 4 nitrogen and oxygen atoms in total. The first-order valence-corrected chi connectivity index (χ1v) is 8.27. The fourth-order valence-electron chi connectivity index (χ4n) is 2.49. The molecule has 0 bridgehead atoms. The highest BCUT2D eigenvalue weighted by Crippen LogP contribution is 2.29. The van der Waals surface area contributed by atoms with Crippen molar-refractivity contribution in [2.24, 2.45) is 5.16 Å². The lowest BCUT2D eigenvalue weighted by molar-refractivity contribution is 0.215. The average molecular weight is 339 g/mol. The van der Waals surface area contributed by atoms with E-state index in [1.165, 1.54) is 7.11 Å². The molecule has 0 aliphatic carbocycles. The monoisotopic (exact) mass is 339 g/mol. The van der Waals surface area contributed by atoms with Crippen molar-refractivity contribution in [2.45, 2.75) is 27.4 Å². The van der Waals surface area contributed by atoms with Gasteiger partial charge in [0.25, 0.3) is 0 Å². The molecule has 0 heterocycles. The van der Waals surface area contributed by atoms with Crippen LogP contribution in [0.2, 0.25) is 0 Å². The van der Waals surface area contributed by atoms with Crippen molar-refractivity contribution in [2.75, 3.05) is 13.7 Å². The molecule has 4 heteroatoms. The number of allylic oxidation sites excluding steroid dienone is 1. The molecule has 0 spiro atoms. The molecule has 0 saturated heterocycles. The van der Waals surface area contributed by atoms with Crippen LogP contribution in [0.1, 0.15) is 29.2 Å². The molecule has 25 heavy (non-hydrogen) atoms. The van der Waals surface area contributed by atoms with Gasteiger partial charge in [-0.25, -0.2) is 0 Å². The second-order valence-electron chi connectivity index (χ2n) is 5.72. The lowest BCUT2D eigenvalue weighted by atomic mass is 10.1. The molecule has 0 aromatic heterocycles. The fraction of sp³-hybridized carbons (Fsp3) is 0.286. The second kappa shape index (κ2) is 9.52. The topological polar surface area (TPSA) is 40.0 Å². The summed E-state index contributed by atoms with van der Waals surface area (Å²) in [6.45, 7) is 7.12. The molecule has 0 aliphatic rings. The molecule has 0 radical (unpaired) electrons. The van der Waals surface area contributed by atoms with Crippen LogP contribution in [0.5, 0.6) is 11.5 Å². The van der Waals surface area contributed by atoms with E-state index in [0.717, 1.165) is 33.8 Å². The third kappa shape index (κ3) is 5.68.